The number of nitriles is 1. The van der Waals surface area contributed by atoms with Crippen molar-refractivity contribution in [3.8, 4) is 11.8 Å². The van der Waals surface area contributed by atoms with Gasteiger partial charge in [0.25, 0.3) is 5.91 Å². The molecule has 0 aliphatic rings. The van der Waals surface area contributed by atoms with E-state index >= 15 is 0 Å². The van der Waals surface area contributed by atoms with E-state index in [1.807, 2.05) is 60.7 Å². The molecule has 0 bridgehead atoms. The maximum atomic E-state index is 13.1. The highest BCUT2D eigenvalue weighted by Gasteiger charge is 2.22. The highest BCUT2D eigenvalue weighted by Crippen LogP contribution is 2.17. The van der Waals surface area contributed by atoms with Gasteiger partial charge in [0.15, 0.2) is 6.10 Å². The van der Waals surface area contributed by atoms with Crippen LogP contribution in [-0.2, 0) is 17.9 Å². The van der Waals surface area contributed by atoms with Gasteiger partial charge in [-0.25, -0.2) is 0 Å². The monoisotopic (exact) mass is 370 g/mol. The lowest BCUT2D eigenvalue weighted by Crippen LogP contribution is -2.39. The van der Waals surface area contributed by atoms with Crippen molar-refractivity contribution in [3.05, 3.63) is 102 Å². The van der Waals surface area contributed by atoms with Crippen LogP contribution in [0.5, 0.6) is 5.75 Å². The van der Waals surface area contributed by atoms with Gasteiger partial charge in [-0.3, -0.25) is 4.79 Å². The zero-order valence-corrected chi connectivity index (χ0v) is 15.8. The largest absolute Gasteiger partial charge is 0.481 e. The maximum Gasteiger partial charge on any atom is 0.263 e. The van der Waals surface area contributed by atoms with Crippen molar-refractivity contribution in [2.45, 2.75) is 26.1 Å². The first-order chi connectivity index (χ1) is 13.7. The number of benzene rings is 3. The van der Waals surface area contributed by atoms with E-state index in [2.05, 4.69) is 6.07 Å². The number of amides is 1. The summed E-state index contributed by atoms with van der Waals surface area (Å²) in [6.45, 7) is 2.77. The van der Waals surface area contributed by atoms with E-state index in [-0.39, 0.29) is 5.91 Å². The minimum absolute atomic E-state index is 0.0861. The van der Waals surface area contributed by atoms with E-state index in [0.29, 0.717) is 24.4 Å². The lowest BCUT2D eigenvalue weighted by Gasteiger charge is -2.26. The molecule has 1 amide bonds. The molecule has 140 valence electrons. The van der Waals surface area contributed by atoms with E-state index in [4.69, 9.17) is 10.00 Å². The molecule has 0 heterocycles. The van der Waals surface area contributed by atoms with E-state index in [1.54, 1.807) is 36.1 Å². The van der Waals surface area contributed by atoms with Gasteiger partial charge in [0.1, 0.15) is 5.75 Å². The molecular formula is C24H22N2O2. The minimum Gasteiger partial charge on any atom is -0.481 e. The molecule has 0 spiro atoms. The normalized spacial score (nSPS) is 11.3. The number of carbonyl (C=O) groups is 1. The second-order valence-electron chi connectivity index (χ2n) is 6.56. The summed E-state index contributed by atoms with van der Waals surface area (Å²) in [4.78, 5) is 14.9. The molecule has 0 fully saturated rings. The molecular weight excluding hydrogens is 348 g/mol. The standard InChI is InChI=1S/C24H22N2O2/c1-19(28-23-14-12-20(16-25)13-15-23)24(27)26(17-21-8-4-2-5-9-21)18-22-10-6-3-7-11-22/h2-15,19H,17-18H2,1H3. The summed E-state index contributed by atoms with van der Waals surface area (Å²) in [5.41, 5.74) is 2.69. The van der Waals surface area contributed by atoms with E-state index in [9.17, 15) is 4.79 Å². The zero-order chi connectivity index (χ0) is 19.8. The van der Waals surface area contributed by atoms with Crippen molar-refractivity contribution < 1.29 is 9.53 Å². The number of ether oxygens (including phenoxy) is 1. The first-order valence-corrected chi connectivity index (χ1v) is 9.19. The van der Waals surface area contributed by atoms with Crippen LogP contribution in [0.3, 0.4) is 0 Å². The van der Waals surface area contributed by atoms with Gasteiger partial charge >= 0.3 is 0 Å². The van der Waals surface area contributed by atoms with Crippen molar-refractivity contribution in [1.82, 2.24) is 4.90 Å². The van der Waals surface area contributed by atoms with Gasteiger partial charge in [-0.1, -0.05) is 60.7 Å². The molecule has 0 saturated carbocycles. The Balaban J connectivity index is 1.75. The Hall–Kier alpha value is -3.58. The average Bonchev–Trinajstić information content (AvgIpc) is 2.75. The van der Waals surface area contributed by atoms with Crippen LogP contribution in [0.25, 0.3) is 0 Å². The highest BCUT2D eigenvalue weighted by atomic mass is 16.5. The van der Waals surface area contributed by atoms with Crippen LogP contribution in [0.1, 0.15) is 23.6 Å². The third kappa shape index (κ3) is 5.21. The van der Waals surface area contributed by atoms with Crippen molar-refractivity contribution in [2.24, 2.45) is 0 Å². The second-order valence-corrected chi connectivity index (χ2v) is 6.56. The molecule has 28 heavy (non-hydrogen) atoms. The molecule has 1 unspecified atom stereocenters. The van der Waals surface area contributed by atoms with Crippen molar-refractivity contribution in [3.63, 3.8) is 0 Å². The fourth-order valence-corrected chi connectivity index (χ4v) is 2.94. The summed E-state index contributed by atoms with van der Waals surface area (Å²) in [5, 5.41) is 8.90. The topological polar surface area (TPSA) is 53.3 Å². The summed E-state index contributed by atoms with van der Waals surface area (Å²) < 4.78 is 5.83. The van der Waals surface area contributed by atoms with E-state index < -0.39 is 6.10 Å². The van der Waals surface area contributed by atoms with Gasteiger partial charge in [0, 0.05) is 13.1 Å². The van der Waals surface area contributed by atoms with Crippen LogP contribution >= 0.6 is 0 Å². The molecule has 1 atom stereocenters. The Kier molecular flexibility index (Phi) is 6.43. The zero-order valence-electron chi connectivity index (χ0n) is 15.8. The first-order valence-electron chi connectivity index (χ1n) is 9.19. The summed E-state index contributed by atoms with van der Waals surface area (Å²) in [5.74, 6) is 0.483. The Bertz CT molecular complexity index is 890. The smallest absolute Gasteiger partial charge is 0.263 e. The molecule has 0 aromatic heterocycles. The number of hydrogen-bond acceptors (Lipinski definition) is 3. The van der Waals surface area contributed by atoms with Crippen molar-refractivity contribution in [1.29, 1.82) is 5.26 Å². The molecule has 0 radical (unpaired) electrons. The number of rotatable bonds is 7. The molecule has 3 aromatic rings. The van der Waals surface area contributed by atoms with E-state index in [0.717, 1.165) is 11.1 Å². The van der Waals surface area contributed by atoms with Crippen LogP contribution in [0, 0.1) is 11.3 Å². The molecule has 4 heteroatoms. The number of nitrogens with zero attached hydrogens (tertiary/aromatic N) is 2. The summed E-state index contributed by atoms with van der Waals surface area (Å²) in [7, 11) is 0. The summed E-state index contributed by atoms with van der Waals surface area (Å²) >= 11 is 0. The third-order valence-electron chi connectivity index (χ3n) is 4.39. The van der Waals surface area contributed by atoms with Crippen LogP contribution in [0.15, 0.2) is 84.9 Å². The Labute approximate surface area is 165 Å². The fraction of sp³-hybridized carbons (Fsp3) is 0.167. The van der Waals surface area contributed by atoms with Gasteiger partial charge in [-0.15, -0.1) is 0 Å². The quantitative estimate of drug-likeness (QED) is 0.613. The first kappa shape index (κ1) is 19.2. The van der Waals surface area contributed by atoms with Gasteiger partial charge in [-0.2, -0.15) is 5.26 Å². The molecule has 0 N–H and O–H groups in total. The molecule has 0 aliphatic heterocycles. The molecule has 3 aromatic carbocycles. The summed E-state index contributed by atoms with van der Waals surface area (Å²) in [6.07, 6.45) is -0.639. The molecule has 0 saturated heterocycles. The molecule has 4 nitrogen and oxygen atoms in total. The highest BCUT2D eigenvalue weighted by molar-refractivity contribution is 5.81. The number of carbonyl (C=O) groups excluding carboxylic acids is 1. The second kappa shape index (κ2) is 9.38. The predicted molar refractivity (Wildman–Crippen MR) is 108 cm³/mol. The van der Waals surface area contributed by atoms with Crippen molar-refractivity contribution >= 4 is 5.91 Å². The Morgan fingerprint density at radius 2 is 1.39 bits per heavy atom. The van der Waals surface area contributed by atoms with Crippen LogP contribution in [0.2, 0.25) is 0 Å². The predicted octanol–water partition coefficient (Wildman–Crippen LogP) is 4.55. The van der Waals surface area contributed by atoms with Crippen molar-refractivity contribution in [2.75, 3.05) is 0 Å². The van der Waals surface area contributed by atoms with Crippen LogP contribution in [0.4, 0.5) is 0 Å². The fourth-order valence-electron chi connectivity index (χ4n) is 2.94. The summed E-state index contributed by atoms with van der Waals surface area (Å²) in [6, 6.07) is 28.7. The lowest BCUT2D eigenvalue weighted by atomic mass is 10.1. The Morgan fingerprint density at radius 3 is 1.86 bits per heavy atom. The van der Waals surface area contributed by atoms with E-state index in [1.165, 1.54) is 0 Å². The lowest BCUT2D eigenvalue weighted by molar-refractivity contribution is -0.139. The molecule has 3 rings (SSSR count). The van der Waals surface area contributed by atoms with Crippen LogP contribution < -0.4 is 4.74 Å². The SMILES string of the molecule is CC(Oc1ccc(C#N)cc1)C(=O)N(Cc1ccccc1)Cc1ccccc1. The van der Waals surface area contributed by atoms with Gasteiger partial charge in [0.2, 0.25) is 0 Å². The average molecular weight is 370 g/mol. The van der Waals surface area contributed by atoms with Crippen LogP contribution in [-0.4, -0.2) is 16.9 Å². The molecule has 0 aliphatic carbocycles. The van der Waals surface area contributed by atoms with Gasteiger partial charge in [0.05, 0.1) is 11.6 Å². The van der Waals surface area contributed by atoms with Gasteiger partial charge < -0.3 is 9.64 Å². The third-order valence-corrected chi connectivity index (χ3v) is 4.39. The number of hydrogen-bond donors (Lipinski definition) is 0. The minimum atomic E-state index is -0.639. The van der Waals surface area contributed by atoms with Gasteiger partial charge in [-0.05, 0) is 42.3 Å². The maximum absolute atomic E-state index is 13.1. The Morgan fingerprint density at radius 1 is 0.893 bits per heavy atom.